The van der Waals surface area contributed by atoms with Crippen molar-refractivity contribution in [2.75, 3.05) is 6.54 Å². The highest BCUT2D eigenvalue weighted by molar-refractivity contribution is 6.00. The molecule has 3 aromatic rings. The number of hydrogen-bond donors (Lipinski definition) is 0. The number of carbonyl (C=O) groups excluding carboxylic acids is 1. The van der Waals surface area contributed by atoms with Crippen molar-refractivity contribution in [1.82, 2.24) is 19.9 Å². The highest BCUT2D eigenvalue weighted by atomic mass is 19.4. The second kappa shape index (κ2) is 8.66. The molecule has 34 heavy (non-hydrogen) atoms. The number of benzene rings is 1. The summed E-state index contributed by atoms with van der Waals surface area (Å²) < 4.78 is 58.4. The molecule has 1 unspecified atom stereocenters. The van der Waals surface area contributed by atoms with Crippen LogP contribution in [-0.4, -0.2) is 44.4 Å². The fourth-order valence-corrected chi connectivity index (χ4v) is 4.75. The molecule has 1 amide bonds. The van der Waals surface area contributed by atoms with E-state index in [9.17, 15) is 22.4 Å². The molecule has 1 saturated carbocycles. The lowest BCUT2D eigenvalue weighted by Crippen LogP contribution is -2.59. The maximum atomic E-state index is 14.0. The molecule has 10 heteroatoms. The Balaban J connectivity index is 1.40. The molecule has 2 saturated heterocycles. The minimum atomic E-state index is -4.48. The Kier molecular flexibility index (Phi) is 5.66. The quantitative estimate of drug-likeness (QED) is 0.512. The van der Waals surface area contributed by atoms with E-state index in [2.05, 4.69) is 15.0 Å². The molecule has 0 radical (unpaired) electrons. The summed E-state index contributed by atoms with van der Waals surface area (Å²) in [6.45, 7) is 0.524. The largest absolute Gasteiger partial charge is 0.472 e. The molecule has 2 aromatic heterocycles. The highest BCUT2D eigenvalue weighted by Crippen LogP contribution is 2.39. The van der Waals surface area contributed by atoms with Gasteiger partial charge in [-0.3, -0.25) is 4.79 Å². The third-order valence-electron chi connectivity index (χ3n) is 6.34. The van der Waals surface area contributed by atoms with Crippen LogP contribution < -0.4 is 4.74 Å². The fourth-order valence-electron chi connectivity index (χ4n) is 4.75. The number of aromatic nitrogens is 3. The number of alkyl halides is 3. The van der Waals surface area contributed by atoms with Gasteiger partial charge in [-0.05, 0) is 55.5 Å². The van der Waals surface area contributed by atoms with E-state index in [0.29, 0.717) is 24.9 Å². The van der Waals surface area contributed by atoms with Gasteiger partial charge in [-0.2, -0.15) is 13.2 Å². The summed E-state index contributed by atoms with van der Waals surface area (Å²) in [5.41, 5.74) is -0.269. The van der Waals surface area contributed by atoms with Gasteiger partial charge in [0.1, 0.15) is 11.9 Å². The maximum absolute atomic E-state index is 14.0. The third kappa shape index (κ3) is 4.32. The van der Waals surface area contributed by atoms with Gasteiger partial charge < -0.3 is 9.64 Å². The predicted octanol–water partition coefficient (Wildman–Crippen LogP) is 4.77. The van der Waals surface area contributed by atoms with Crippen molar-refractivity contribution in [1.29, 1.82) is 0 Å². The van der Waals surface area contributed by atoms with E-state index in [-0.39, 0.29) is 35.1 Å². The Labute approximate surface area is 192 Å². The van der Waals surface area contributed by atoms with Crippen molar-refractivity contribution >= 4 is 5.91 Å². The number of piperidine rings is 2. The lowest BCUT2D eigenvalue weighted by atomic mass is 9.77. The number of nitrogens with zero attached hydrogens (tertiary/aromatic N) is 4. The Morgan fingerprint density at radius 2 is 1.85 bits per heavy atom. The molecule has 3 atom stereocenters. The smallest absolute Gasteiger partial charge is 0.417 e. The Morgan fingerprint density at radius 3 is 2.53 bits per heavy atom. The van der Waals surface area contributed by atoms with Crippen LogP contribution in [-0.2, 0) is 6.18 Å². The third-order valence-corrected chi connectivity index (χ3v) is 6.34. The van der Waals surface area contributed by atoms with Crippen LogP contribution in [0.1, 0.15) is 35.2 Å². The first kappa shape index (κ1) is 22.2. The minimum absolute atomic E-state index is 0.0816. The Morgan fingerprint density at radius 1 is 1.06 bits per heavy atom. The van der Waals surface area contributed by atoms with E-state index < -0.39 is 23.7 Å². The van der Waals surface area contributed by atoms with Gasteiger partial charge in [0.25, 0.3) is 5.91 Å². The van der Waals surface area contributed by atoms with Gasteiger partial charge in [0.15, 0.2) is 5.82 Å². The second-order valence-electron chi connectivity index (χ2n) is 8.51. The molecule has 0 spiro atoms. The average Bonchev–Trinajstić information content (AvgIpc) is 2.84. The minimum Gasteiger partial charge on any atom is -0.472 e. The molecule has 1 aromatic carbocycles. The molecule has 176 valence electrons. The van der Waals surface area contributed by atoms with Crippen molar-refractivity contribution in [2.45, 2.75) is 37.6 Å². The number of fused-ring (bicyclic) bond motifs is 3. The van der Waals surface area contributed by atoms with Crippen LogP contribution in [0.3, 0.4) is 0 Å². The molecule has 6 rings (SSSR count). The van der Waals surface area contributed by atoms with Crippen LogP contribution in [0.15, 0.2) is 55.0 Å². The van der Waals surface area contributed by atoms with Gasteiger partial charge in [0.2, 0.25) is 5.88 Å². The van der Waals surface area contributed by atoms with Gasteiger partial charge in [-0.15, -0.1) is 0 Å². The number of halogens is 4. The monoisotopic (exact) mass is 472 g/mol. The van der Waals surface area contributed by atoms with Gasteiger partial charge in [-0.25, -0.2) is 19.3 Å². The summed E-state index contributed by atoms with van der Waals surface area (Å²) in [7, 11) is 0. The predicted molar refractivity (Wildman–Crippen MR) is 113 cm³/mol. The van der Waals surface area contributed by atoms with Gasteiger partial charge >= 0.3 is 6.18 Å². The van der Waals surface area contributed by atoms with Crippen LogP contribution in [0.25, 0.3) is 11.4 Å². The molecule has 2 bridgehead atoms. The number of ether oxygens (including phenoxy) is 1. The lowest BCUT2D eigenvalue weighted by molar-refractivity contribution is -0.137. The number of carbonyl (C=O) groups is 1. The maximum Gasteiger partial charge on any atom is 0.417 e. The lowest BCUT2D eigenvalue weighted by Gasteiger charge is -2.49. The first-order valence-corrected chi connectivity index (χ1v) is 10.9. The number of hydrogen-bond acceptors (Lipinski definition) is 5. The molecule has 4 heterocycles. The molecule has 3 fully saturated rings. The summed E-state index contributed by atoms with van der Waals surface area (Å²) in [6, 6.07) is 7.37. The summed E-state index contributed by atoms with van der Waals surface area (Å²) in [6.07, 6.45) is 1.19. The Hall–Kier alpha value is -3.56. The SMILES string of the molecule is O=C(c1ccc(F)cc1-c1ncccn1)N1CC2CC[C@H]1[C@H](Oc1ccc(C(F)(F)F)cn1)C2. The van der Waals surface area contributed by atoms with Crippen molar-refractivity contribution < 1.29 is 27.1 Å². The average molecular weight is 472 g/mol. The number of amides is 1. The van der Waals surface area contributed by atoms with Gasteiger partial charge in [-0.1, -0.05) is 0 Å². The molecule has 1 aliphatic carbocycles. The van der Waals surface area contributed by atoms with Crippen LogP contribution >= 0.6 is 0 Å². The summed E-state index contributed by atoms with van der Waals surface area (Å²) in [5, 5.41) is 0. The van der Waals surface area contributed by atoms with Crippen LogP contribution in [0.5, 0.6) is 5.88 Å². The summed E-state index contributed by atoms with van der Waals surface area (Å²) >= 11 is 0. The van der Waals surface area contributed by atoms with Crippen LogP contribution in [0.4, 0.5) is 17.6 Å². The number of pyridine rings is 1. The molecular weight excluding hydrogens is 452 g/mol. The van der Waals surface area contributed by atoms with E-state index in [1.807, 2.05) is 0 Å². The van der Waals surface area contributed by atoms with Crippen LogP contribution in [0.2, 0.25) is 0 Å². The molecule has 3 aliphatic rings. The van der Waals surface area contributed by atoms with Crippen molar-refractivity contribution in [3.05, 3.63) is 71.9 Å². The zero-order valence-corrected chi connectivity index (χ0v) is 17.9. The van der Waals surface area contributed by atoms with E-state index in [1.165, 1.54) is 36.7 Å². The van der Waals surface area contributed by atoms with Gasteiger partial charge in [0, 0.05) is 36.8 Å². The number of rotatable bonds is 4. The normalized spacial score (nSPS) is 22.0. The zero-order chi connectivity index (χ0) is 23.9. The first-order chi connectivity index (χ1) is 16.3. The zero-order valence-electron chi connectivity index (χ0n) is 17.9. The van der Waals surface area contributed by atoms with Crippen molar-refractivity contribution in [3.63, 3.8) is 0 Å². The summed E-state index contributed by atoms with van der Waals surface area (Å²) in [5.74, 6) is -0.280. The summed E-state index contributed by atoms with van der Waals surface area (Å²) in [4.78, 5) is 27.4. The molecular formula is C24H20F4N4O2. The van der Waals surface area contributed by atoms with Crippen LogP contribution in [0, 0.1) is 11.7 Å². The molecule has 0 N–H and O–H groups in total. The van der Waals surface area contributed by atoms with Gasteiger partial charge in [0.05, 0.1) is 17.2 Å². The van der Waals surface area contributed by atoms with E-state index >= 15 is 0 Å². The van der Waals surface area contributed by atoms with Crippen molar-refractivity contribution in [3.8, 4) is 17.3 Å². The molecule has 2 aliphatic heterocycles. The molecule has 6 nitrogen and oxygen atoms in total. The Bertz CT molecular complexity index is 1190. The second-order valence-corrected chi connectivity index (χ2v) is 8.51. The fraction of sp³-hybridized carbons (Fsp3) is 0.333. The van der Waals surface area contributed by atoms with E-state index in [0.717, 1.165) is 18.7 Å². The standard InChI is InChI=1S/C24H20F4N4O2/c25-16-4-5-17(18(11-16)22-29-8-1-9-30-22)23(33)32-13-14-2-6-19(32)20(10-14)34-21-7-3-15(12-31-21)24(26,27)28/h1,3-5,7-9,11-12,14,19-20H,2,6,10,13H2/t14?,19-,20+/m0/s1. The highest BCUT2D eigenvalue weighted by Gasteiger charge is 2.45. The van der Waals surface area contributed by atoms with Crippen molar-refractivity contribution in [2.24, 2.45) is 5.92 Å². The van der Waals surface area contributed by atoms with E-state index in [1.54, 1.807) is 11.0 Å². The van der Waals surface area contributed by atoms with E-state index in [4.69, 9.17) is 4.74 Å². The topological polar surface area (TPSA) is 68.2 Å². The first-order valence-electron chi connectivity index (χ1n) is 10.9.